The molecular formula is C10H15NO2. The summed E-state index contributed by atoms with van der Waals surface area (Å²) in [5.41, 5.74) is 6.78. The molecule has 3 nitrogen and oxygen atoms in total. The van der Waals surface area contributed by atoms with Gasteiger partial charge in [0.25, 0.3) is 0 Å². The molecule has 1 rings (SSSR count). The Morgan fingerprint density at radius 1 is 1.46 bits per heavy atom. The predicted molar refractivity (Wildman–Crippen MR) is 53.5 cm³/mol. The van der Waals surface area contributed by atoms with Crippen LogP contribution in [0.4, 0.5) is 5.69 Å². The molecule has 0 saturated heterocycles. The van der Waals surface area contributed by atoms with Crippen molar-refractivity contribution >= 4 is 11.7 Å². The molecule has 1 aromatic rings. The molecule has 0 spiro atoms. The number of anilines is 1. The molecule has 0 radical (unpaired) electrons. The van der Waals surface area contributed by atoms with Crippen molar-refractivity contribution in [2.75, 3.05) is 5.73 Å². The maximum absolute atomic E-state index is 10.2. The summed E-state index contributed by atoms with van der Waals surface area (Å²) in [5.74, 6) is -0.837. The summed E-state index contributed by atoms with van der Waals surface area (Å²) >= 11 is 0. The Morgan fingerprint density at radius 2 is 2.08 bits per heavy atom. The monoisotopic (exact) mass is 181 g/mol. The molecule has 0 unspecified atom stereocenters. The lowest BCUT2D eigenvalue weighted by Crippen LogP contribution is -2.00. The fourth-order valence-corrected chi connectivity index (χ4v) is 0.878. The van der Waals surface area contributed by atoms with Gasteiger partial charge in [0.05, 0.1) is 6.42 Å². The lowest BCUT2D eigenvalue weighted by Gasteiger charge is -1.96. The van der Waals surface area contributed by atoms with Crippen LogP contribution in [0.25, 0.3) is 0 Å². The van der Waals surface area contributed by atoms with Crippen molar-refractivity contribution in [2.45, 2.75) is 20.3 Å². The average Bonchev–Trinajstić information content (AvgIpc) is 2.06. The summed E-state index contributed by atoms with van der Waals surface area (Å²) in [6.45, 7) is 4.00. The van der Waals surface area contributed by atoms with E-state index in [2.05, 4.69) is 0 Å². The highest BCUT2D eigenvalue weighted by Gasteiger charge is 1.98. The molecule has 0 atom stereocenters. The Balaban J connectivity index is 0.000000671. The third kappa shape index (κ3) is 4.85. The van der Waals surface area contributed by atoms with E-state index in [0.717, 1.165) is 5.56 Å². The Kier molecular flexibility index (Phi) is 5.35. The molecule has 1 aromatic carbocycles. The normalized spacial score (nSPS) is 8.46. The summed E-state index contributed by atoms with van der Waals surface area (Å²) in [6, 6.07) is 6.87. The van der Waals surface area contributed by atoms with Crippen LogP contribution in [-0.2, 0) is 11.2 Å². The van der Waals surface area contributed by atoms with E-state index in [0.29, 0.717) is 5.69 Å². The maximum atomic E-state index is 10.2. The van der Waals surface area contributed by atoms with Crippen molar-refractivity contribution in [2.24, 2.45) is 0 Å². The van der Waals surface area contributed by atoms with Crippen LogP contribution in [-0.4, -0.2) is 11.1 Å². The number of aliphatic carboxylic acids is 1. The fourth-order valence-electron chi connectivity index (χ4n) is 0.878. The summed E-state index contributed by atoms with van der Waals surface area (Å²) in [6.07, 6.45) is 0.0328. The highest BCUT2D eigenvalue weighted by atomic mass is 16.4. The number of hydrogen-bond donors (Lipinski definition) is 2. The van der Waals surface area contributed by atoms with E-state index < -0.39 is 5.97 Å². The zero-order valence-electron chi connectivity index (χ0n) is 7.95. The maximum Gasteiger partial charge on any atom is 0.307 e. The lowest BCUT2D eigenvalue weighted by atomic mass is 10.1. The zero-order valence-corrected chi connectivity index (χ0v) is 7.95. The number of carboxylic acids is 1. The smallest absolute Gasteiger partial charge is 0.307 e. The van der Waals surface area contributed by atoms with Crippen LogP contribution in [0.15, 0.2) is 24.3 Å². The lowest BCUT2D eigenvalue weighted by molar-refractivity contribution is -0.136. The quantitative estimate of drug-likeness (QED) is 0.685. The number of nitrogen functional groups attached to an aromatic ring is 1. The number of hydrogen-bond acceptors (Lipinski definition) is 2. The molecule has 0 aromatic heterocycles. The molecule has 0 fully saturated rings. The van der Waals surface area contributed by atoms with Gasteiger partial charge in [-0.2, -0.15) is 0 Å². The van der Waals surface area contributed by atoms with Gasteiger partial charge in [-0.25, -0.2) is 0 Å². The van der Waals surface area contributed by atoms with Gasteiger partial charge in [0.15, 0.2) is 0 Å². The fraction of sp³-hybridized carbons (Fsp3) is 0.300. The minimum atomic E-state index is -0.837. The minimum absolute atomic E-state index is 0.0328. The summed E-state index contributed by atoms with van der Waals surface area (Å²) in [4.78, 5) is 10.2. The molecule has 0 saturated carbocycles. The molecule has 3 heteroatoms. The summed E-state index contributed by atoms with van der Waals surface area (Å²) in [5, 5.41) is 8.42. The molecule has 0 aliphatic rings. The van der Waals surface area contributed by atoms with Crippen LogP contribution >= 0.6 is 0 Å². The first-order chi connectivity index (χ1) is 6.18. The molecule has 0 aliphatic heterocycles. The Bertz CT molecular complexity index is 271. The number of carboxylic acid groups (broad SMARTS) is 1. The van der Waals surface area contributed by atoms with Crippen LogP contribution in [0.1, 0.15) is 19.4 Å². The van der Waals surface area contributed by atoms with Crippen molar-refractivity contribution in [3.63, 3.8) is 0 Å². The highest BCUT2D eigenvalue weighted by Crippen LogP contribution is 2.06. The van der Waals surface area contributed by atoms with E-state index in [9.17, 15) is 4.79 Å². The van der Waals surface area contributed by atoms with Gasteiger partial charge < -0.3 is 10.8 Å². The van der Waals surface area contributed by atoms with Gasteiger partial charge in [0.1, 0.15) is 0 Å². The second-order valence-corrected chi connectivity index (χ2v) is 2.32. The molecule has 13 heavy (non-hydrogen) atoms. The van der Waals surface area contributed by atoms with E-state index in [1.165, 1.54) is 0 Å². The molecule has 0 amide bonds. The van der Waals surface area contributed by atoms with Gasteiger partial charge in [-0.1, -0.05) is 26.0 Å². The minimum Gasteiger partial charge on any atom is -0.481 e. The number of benzene rings is 1. The molecule has 3 N–H and O–H groups in total. The van der Waals surface area contributed by atoms with E-state index in [4.69, 9.17) is 10.8 Å². The Hall–Kier alpha value is -1.51. The third-order valence-electron chi connectivity index (χ3n) is 1.31. The number of carbonyl (C=O) groups is 1. The Labute approximate surface area is 78.2 Å². The van der Waals surface area contributed by atoms with Crippen molar-refractivity contribution in [1.29, 1.82) is 0 Å². The largest absolute Gasteiger partial charge is 0.481 e. The second kappa shape index (κ2) is 6.06. The van der Waals surface area contributed by atoms with Gasteiger partial charge in [-0.15, -0.1) is 0 Å². The summed E-state index contributed by atoms with van der Waals surface area (Å²) < 4.78 is 0. The topological polar surface area (TPSA) is 63.3 Å². The standard InChI is InChI=1S/C8H9NO2.C2H6/c9-7-3-1-2-6(4-7)5-8(10)11;1-2/h1-4H,5,9H2,(H,10,11);1-2H3. The van der Waals surface area contributed by atoms with Crippen LogP contribution in [0, 0.1) is 0 Å². The van der Waals surface area contributed by atoms with E-state index in [1.807, 2.05) is 13.8 Å². The second-order valence-electron chi connectivity index (χ2n) is 2.32. The highest BCUT2D eigenvalue weighted by molar-refractivity contribution is 5.70. The Morgan fingerprint density at radius 3 is 2.54 bits per heavy atom. The van der Waals surface area contributed by atoms with Crippen LogP contribution < -0.4 is 5.73 Å². The van der Waals surface area contributed by atoms with Crippen molar-refractivity contribution in [1.82, 2.24) is 0 Å². The van der Waals surface area contributed by atoms with Gasteiger partial charge in [0, 0.05) is 5.69 Å². The first kappa shape index (κ1) is 11.5. The van der Waals surface area contributed by atoms with Crippen molar-refractivity contribution < 1.29 is 9.90 Å². The zero-order chi connectivity index (χ0) is 10.3. The molecule has 0 aliphatic carbocycles. The van der Waals surface area contributed by atoms with Crippen LogP contribution in [0.2, 0.25) is 0 Å². The van der Waals surface area contributed by atoms with E-state index >= 15 is 0 Å². The average molecular weight is 181 g/mol. The summed E-state index contributed by atoms with van der Waals surface area (Å²) in [7, 11) is 0. The number of nitrogens with two attached hydrogens (primary N) is 1. The van der Waals surface area contributed by atoms with Crippen LogP contribution in [0.3, 0.4) is 0 Å². The van der Waals surface area contributed by atoms with Gasteiger partial charge in [0.2, 0.25) is 0 Å². The molecule has 72 valence electrons. The van der Waals surface area contributed by atoms with E-state index in [1.54, 1.807) is 24.3 Å². The van der Waals surface area contributed by atoms with Gasteiger partial charge in [-0.3, -0.25) is 4.79 Å². The molecular weight excluding hydrogens is 166 g/mol. The first-order valence-corrected chi connectivity index (χ1v) is 4.24. The molecule has 0 bridgehead atoms. The van der Waals surface area contributed by atoms with Crippen LogP contribution in [0.5, 0.6) is 0 Å². The number of rotatable bonds is 2. The van der Waals surface area contributed by atoms with Gasteiger partial charge in [-0.05, 0) is 17.7 Å². The third-order valence-corrected chi connectivity index (χ3v) is 1.31. The van der Waals surface area contributed by atoms with E-state index in [-0.39, 0.29) is 6.42 Å². The van der Waals surface area contributed by atoms with Gasteiger partial charge >= 0.3 is 5.97 Å². The van der Waals surface area contributed by atoms with Crippen molar-refractivity contribution in [3.8, 4) is 0 Å². The predicted octanol–water partition coefficient (Wildman–Crippen LogP) is 1.92. The van der Waals surface area contributed by atoms with Crippen molar-refractivity contribution in [3.05, 3.63) is 29.8 Å². The molecule has 0 heterocycles. The SMILES string of the molecule is CC.Nc1cccc(CC(=O)O)c1. The first-order valence-electron chi connectivity index (χ1n) is 4.24.